The number of halogens is 2. The van der Waals surface area contributed by atoms with E-state index in [1.807, 2.05) is 31.2 Å². The van der Waals surface area contributed by atoms with Crippen LogP contribution in [0.1, 0.15) is 33.2 Å². The molecule has 154 valence electrons. The molecule has 30 heavy (non-hydrogen) atoms. The molecule has 1 aliphatic heterocycles. The van der Waals surface area contributed by atoms with Crippen molar-refractivity contribution in [3.05, 3.63) is 87.3 Å². The number of pyridine rings is 1. The van der Waals surface area contributed by atoms with E-state index in [9.17, 15) is 9.18 Å². The molecule has 0 N–H and O–H groups in total. The number of aromatic nitrogens is 1. The lowest BCUT2D eigenvalue weighted by atomic mass is 10.0. The summed E-state index contributed by atoms with van der Waals surface area (Å²) >= 11 is 3.45. The minimum atomic E-state index is -0.628. The number of carbonyl (C=O) groups excluding carboxylic acids is 1. The molecule has 7 heteroatoms. The van der Waals surface area contributed by atoms with E-state index in [-0.39, 0.29) is 12.5 Å². The van der Waals surface area contributed by atoms with Crippen LogP contribution in [-0.2, 0) is 6.54 Å². The van der Waals surface area contributed by atoms with Gasteiger partial charge in [-0.15, -0.1) is 0 Å². The fourth-order valence-electron chi connectivity index (χ4n) is 3.58. The van der Waals surface area contributed by atoms with Gasteiger partial charge in [-0.2, -0.15) is 0 Å². The summed E-state index contributed by atoms with van der Waals surface area (Å²) in [5.74, 6) is 0.237. The fourth-order valence-corrected chi connectivity index (χ4v) is 3.99. The van der Waals surface area contributed by atoms with E-state index in [1.54, 1.807) is 29.2 Å². The van der Waals surface area contributed by atoms with E-state index >= 15 is 0 Å². The van der Waals surface area contributed by atoms with Gasteiger partial charge in [0, 0.05) is 40.0 Å². The van der Waals surface area contributed by atoms with Crippen LogP contribution in [0.3, 0.4) is 0 Å². The molecule has 3 aromatic rings. The van der Waals surface area contributed by atoms with Crippen molar-refractivity contribution in [1.29, 1.82) is 0 Å². The van der Waals surface area contributed by atoms with Crippen molar-refractivity contribution in [2.75, 3.05) is 13.7 Å². The lowest BCUT2D eigenvalue weighted by Crippen LogP contribution is -2.33. The number of aryl methyl sites for hydroxylation is 1. The summed E-state index contributed by atoms with van der Waals surface area (Å²) in [4.78, 5) is 19.1. The summed E-state index contributed by atoms with van der Waals surface area (Å²) in [7, 11) is 1.48. The molecule has 1 unspecified atom stereocenters. The molecule has 0 saturated carbocycles. The highest BCUT2D eigenvalue weighted by molar-refractivity contribution is 9.10. The maximum Gasteiger partial charge on any atom is 0.255 e. The molecule has 0 fully saturated rings. The highest BCUT2D eigenvalue weighted by Crippen LogP contribution is 2.35. The van der Waals surface area contributed by atoms with Crippen molar-refractivity contribution in [3.8, 4) is 11.6 Å². The monoisotopic (exact) mass is 470 g/mol. The SMILES string of the molecule is COc1ccc(C(COc2cccc(C)n2)N2Cc3cc(Br)ccc3C2=O)c(F)c1. The number of amides is 1. The summed E-state index contributed by atoms with van der Waals surface area (Å²) in [6, 6.07) is 15.0. The molecule has 1 amide bonds. The summed E-state index contributed by atoms with van der Waals surface area (Å²) in [6.45, 7) is 2.31. The van der Waals surface area contributed by atoms with Gasteiger partial charge in [0.05, 0.1) is 13.2 Å². The van der Waals surface area contributed by atoms with Crippen molar-refractivity contribution < 1.29 is 18.7 Å². The van der Waals surface area contributed by atoms with E-state index in [4.69, 9.17) is 9.47 Å². The predicted molar refractivity (Wildman–Crippen MR) is 114 cm³/mol. The maximum absolute atomic E-state index is 15.0. The zero-order chi connectivity index (χ0) is 21.3. The van der Waals surface area contributed by atoms with E-state index in [2.05, 4.69) is 20.9 Å². The van der Waals surface area contributed by atoms with Crippen molar-refractivity contribution in [2.24, 2.45) is 0 Å². The number of nitrogens with zero attached hydrogens (tertiary/aromatic N) is 2. The molecule has 0 radical (unpaired) electrons. The van der Waals surface area contributed by atoms with Crippen LogP contribution >= 0.6 is 15.9 Å². The predicted octanol–water partition coefficient (Wildman–Crippen LogP) is 5.08. The van der Waals surface area contributed by atoms with Gasteiger partial charge in [0.1, 0.15) is 18.2 Å². The molecule has 1 aromatic heterocycles. The van der Waals surface area contributed by atoms with Gasteiger partial charge >= 0.3 is 0 Å². The van der Waals surface area contributed by atoms with Gasteiger partial charge in [-0.25, -0.2) is 9.37 Å². The summed E-state index contributed by atoms with van der Waals surface area (Å²) in [5.41, 5.74) is 2.69. The Kier molecular flexibility index (Phi) is 5.72. The zero-order valence-corrected chi connectivity index (χ0v) is 18.1. The number of ether oxygens (including phenoxy) is 2. The highest BCUT2D eigenvalue weighted by atomic mass is 79.9. The Labute approximate surface area is 182 Å². The van der Waals surface area contributed by atoms with Gasteiger partial charge in [0.2, 0.25) is 5.88 Å². The van der Waals surface area contributed by atoms with Crippen molar-refractivity contribution >= 4 is 21.8 Å². The number of hydrogen-bond acceptors (Lipinski definition) is 4. The Bertz CT molecular complexity index is 1110. The number of fused-ring (bicyclic) bond motifs is 1. The number of carbonyl (C=O) groups is 1. The lowest BCUT2D eigenvalue weighted by molar-refractivity contribution is 0.0627. The van der Waals surface area contributed by atoms with E-state index in [0.717, 1.165) is 15.7 Å². The molecule has 4 rings (SSSR count). The molecule has 5 nitrogen and oxygen atoms in total. The van der Waals surface area contributed by atoms with Crippen LogP contribution < -0.4 is 9.47 Å². The molecule has 1 aliphatic rings. The van der Waals surface area contributed by atoms with E-state index in [1.165, 1.54) is 13.2 Å². The first-order valence-electron chi connectivity index (χ1n) is 9.45. The Morgan fingerprint density at radius 3 is 2.77 bits per heavy atom. The summed E-state index contributed by atoms with van der Waals surface area (Å²) < 4.78 is 26.8. The largest absolute Gasteiger partial charge is 0.497 e. The Hall–Kier alpha value is -2.93. The molecule has 1 atom stereocenters. The third kappa shape index (κ3) is 4.03. The highest BCUT2D eigenvalue weighted by Gasteiger charge is 2.35. The smallest absolute Gasteiger partial charge is 0.255 e. The standard InChI is InChI=1S/C23H20BrFN2O3/c1-14-4-3-5-22(26-14)30-13-21(19-9-7-17(29-2)11-20(19)25)27-12-15-10-16(24)6-8-18(15)23(27)28/h3-11,21H,12-13H2,1-2H3. The summed E-state index contributed by atoms with van der Waals surface area (Å²) in [6.07, 6.45) is 0. The van der Waals surface area contributed by atoms with Gasteiger partial charge in [0.25, 0.3) is 5.91 Å². The number of rotatable bonds is 6. The third-order valence-electron chi connectivity index (χ3n) is 5.09. The average molecular weight is 471 g/mol. The molecule has 0 aliphatic carbocycles. The Morgan fingerprint density at radius 1 is 1.20 bits per heavy atom. The first-order valence-corrected chi connectivity index (χ1v) is 10.2. The van der Waals surface area contributed by atoms with Crippen LogP contribution in [0, 0.1) is 12.7 Å². The molecular weight excluding hydrogens is 451 g/mol. The molecule has 0 spiro atoms. The number of hydrogen-bond donors (Lipinski definition) is 0. The molecule has 0 bridgehead atoms. The lowest BCUT2D eigenvalue weighted by Gasteiger charge is -2.28. The number of benzene rings is 2. The number of methoxy groups -OCH3 is 1. The molecule has 0 saturated heterocycles. The minimum Gasteiger partial charge on any atom is -0.497 e. The second-order valence-electron chi connectivity index (χ2n) is 7.07. The van der Waals surface area contributed by atoms with Crippen LogP contribution in [0.4, 0.5) is 4.39 Å². The average Bonchev–Trinajstić information content (AvgIpc) is 3.04. The van der Waals surface area contributed by atoms with Crippen LogP contribution in [0.25, 0.3) is 0 Å². The van der Waals surface area contributed by atoms with Crippen molar-refractivity contribution in [2.45, 2.75) is 19.5 Å². The van der Waals surface area contributed by atoms with Gasteiger partial charge in [-0.1, -0.05) is 28.1 Å². The normalized spacial score (nSPS) is 13.9. The van der Waals surface area contributed by atoms with Gasteiger partial charge in [-0.05, 0) is 42.8 Å². The second kappa shape index (κ2) is 8.44. The Morgan fingerprint density at radius 2 is 2.03 bits per heavy atom. The first kappa shape index (κ1) is 20.3. The van der Waals surface area contributed by atoms with Crippen molar-refractivity contribution in [3.63, 3.8) is 0 Å². The quantitative estimate of drug-likeness (QED) is 0.504. The van der Waals surface area contributed by atoms with E-state index in [0.29, 0.717) is 29.3 Å². The molecule has 2 heterocycles. The second-order valence-corrected chi connectivity index (χ2v) is 7.98. The minimum absolute atomic E-state index is 0.0700. The van der Waals surface area contributed by atoms with Crippen molar-refractivity contribution in [1.82, 2.24) is 9.88 Å². The van der Waals surface area contributed by atoms with Gasteiger partial charge in [-0.3, -0.25) is 4.79 Å². The zero-order valence-electron chi connectivity index (χ0n) is 16.6. The topological polar surface area (TPSA) is 51.7 Å². The first-order chi connectivity index (χ1) is 14.5. The maximum atomic E-state index is 15.0. The van der Waals surface area contributed by atoms with Crippen LogP contribution in [-0.4, -0.2) is 29.5 Å². The molecular formula is C23H20BrFN2O3. The summed E-state index contributed by atoms with van der Waals surface area (Å²) in [5, 5.41) is 0. The Balaban J connectivity index is 1.68. The van der Waals surface area contributed by atoms with Crippen LogP contribution in [0.2, 0.25) is 0 Å². The fraction of sp³-hybridized carbons (Fsp3) is 0.217. The van der Waals surface area contributed by atoms with Gasteiger partial charge in [0.15, 0.2) is 0 Å². The van der Waals surface area contributed by atoms with Crippen LogP contribution in [0.15, 0.2) is 59.1 Å². The molecule has 2 aromatic carbocycles. The van der Waals surface area contributed by atoms with E-state index < -0.39 is 11.9 Å². The van der Waals surface area contributed by atoms with Crippen LogP contribution in [0.5, 0.6) is 11.6 Å². The van der Waals surface area contributed by atoms with Gasteiger partial charge < -0.3 is 14.4 Å². The third-order valence-corrected chi connectivity index (χ3v) is 5.59.